The van der Waals surface area contributed by atoms with Gasteiger partial charge >= 0.3 is 6.01 Å². The Labute approximate surface area is 277 Å². The Morgan fingerprint density at radius 1 is 1.06 bits per heavy atom. The topological polar surface area (TPSA) is 86.6 Å². The summed E-state index contributed by atoms with van der Waals surface area (Å²) in [6.45, 7) is 0.256. The third-order valence-electron chi connectivity index (χ3n) is 10.6. The fourth-order valence-corrected chi connectivity index (χ4v) is 8.34. The number of terminal acetylenes is 1. The van der Waals surface area contributed by atoms with Crippen LogP contribution < -0.4 is 10.1 Å². The van der Waals surface area contributed by atoms with Crippen LogP contribution in [0.1, 0.15) is 53.3 Å². The highest BCUT2D eigenvalue weighted by Crippen LogP contribution is 2.44. The molecule has 0 bridgehead atoms. The van der Waals surface area contributed by atoms with Gasteiger partial charge in [0.1, 0.15) is 35.2 Å². The molecule has 4 aliphatic rings. The van der Waals surface area contributed by atoms with Gasteiger partial charge in [-0.05, 0) is 88.2 Å². The normalized spacial score (nSPS) is 22.9. The minimum atomic E-state index is -2.54. The number of halogens is 4. The van der Waals surface area contributed by atoms with Crippen LogP contribution in [0.5, 0.6) is 11.8 Å². The molecule has 0 radical (unpaired) electrons. The Kier molecular flexibility index (Phi) is 6.89. The molecule has 0 aliphatic carbocycles. The van der Waals surface area contributed by atoms with Gasteiger partial charge in [0.05, 0.1) is 19.2 Å². The van der Waals surface area contributed by atoms with Crippen molar-refractivity contribution in [1.82, 2.24) is 24.8 Å². The zero-order valence-corrected chi connectivity index (χ0v) is 26.1. The molecule has 1 atom stereocenters. The van der Waals surface area contributed by atoms with E-state index in [0.717, 1.165) is 38.8 Å². The summed E-state index contributed by atoms with van der Waals surface area (Å²) in [4.78, 5) is 17.4. The lowest BCUT2D eigenvalue weighted by Gasteiger charge is -2.32. The number of ether oxygens (including phenoxy) is 1. The maximum atomic E-state index is 16.9. The minimum absolute atomic E-state index is 0.0308. The molecule has 4 aromatic rings. The summed E-state index contributed by atoms with van der Waals surface area (Å²) < 4.78 is 83.3. The van der Waals surface area contributed by atoms with E-state index < -0.39 is 35.8 Å². The third-order valence-corrected chi connectivity index (χ3v) is 10.6. The maximum absolute atomic E-state index is 16.9. The molecule has 0 amide bonds. The molecule has 1 unspecified atom stereocenters. The van der Waals surface area contributed by atoms with Crippen molar-refractivity contribution in [2.45, 2.75) is 56.0 Å². The van der Waals surface area contributed by atoms with Crippen LogP contribution in [-0.2, 0) is 0 Å². The molecule has 8 rings (SSSR count). The molecule has 2 N–H and O–H groups in total. The number of hydrogen-bond acceptors (Lipinski definition) is 8. The Bertz CT molecular complexity index is 2130. The van der Waals surface area contributed by atoms with Crippen molar-refractivity contribution in [2.75, 3.05) is 44.6 Å². The number of rotatable bonds is 7. The highest BCUT2D eigenvalue weighted by Gasteiger charge is 2.48. The maximum Gasteiger partial charge on any atom is 0.319 e. The van der Waals surface area contributed by atoms with E-state index >= 15 is 4.39 Å². The van der Waals surface area contributed by atoms with Crippen molar-refractivity contribution < 1.29 is 30.1 Å². The highest BCUT2D eigenvalue weighted by atomic mass is 19.3. The summed E-state index contributed by atoms with van der Waals surface area (Å²) in [7, 11) is 0. The largest absolute Gasteiger partial charge is 0.508 e. The van der Waals surface area contributed by atoms with Crippen LogP contribution in [0.15, 0.2) is 42.1 Å². The fraction of sp³-hybridized carbons (Fsp3) is 0.417. The first-order valence-electron chi connectivity index (χ1n) is 17.2. The first-order chi connectivity index (χ1) is 23.9. The van der Waals surface area contributed by atoms with Crippen LogP contribution in [0.4, 0.5) is 23.4 Å². The number of nitrogens with one attached hydrogen (secondary N) is 1. The van der Waals surface area contributed by atoms with Gasteiger partial charge in [-0.25, -0.2) is 8.78 Å². The SMILES string of the molecule is [2H]C([2H])(Oc1nc(NCC23CCCN2CCC3)c2cnc(-c3cc(O)cc4ccc(F)c(C#C)c34)c(F)c2n1)C12CCCN1CC(=C(F)F)C2. The second-order valence-electron chi connectivity index (χ2n) is 13.3. The van der Waals surface area contributed by atoms with Gasteiger partial charge in [0.25, 0.3) is 6.08 Å². The Morgan fingerprint density at radius 2 is 1.81 bits per heavy atom. The van der Waals surface area contributed by atoms with Crippen molar-refractivity contribution >= 4 is 27.5 Å². The number of nitrogens with zero attached hydrogens (tertiary/aromatic N) is 5. The van der Waals surface area contributed by atoms with Crippen molar-refractivity contribution in [2.24, 2.45) is 0 Å². The number of hydrogen-bond donors (Lipinski definition) is 2. The molecule has 248 valence electrons. The molecule has 4 fully saturated rings. The van der Waals surface area contributed by atoms with Crippen LogP contribution in [0, 0.1) is 24.0 Å². The number of aromatic hydroxyl groups is 1. The predicted molar refractivity (Wildman–Crippen MR) is 174 cm³/mol. The first-order valence-corrected chi connectivity index (χ1v) is 16.2. The molecular formula is C36H34F4N6O2. The number of benzene rings is 2. The van der Waals surface area contributed by atoms with Crippen LogP contribution in [0.3, 0.4) is 0 Å². The van der Waals surface area contributed by atoms with Crippen LogP contribution >= 0.6 is 0 Å². The minimum Gasteiger partial charge on any atom is -0.508 e. The molecule has 4 aliphatic heterocycles. The average Bonchev–Trinajstić information content (AvgIpc) is 3.84. The van der Waals surface area contributed by atoms with Crippen molar-refractivity contribution in [3.8, 4) is 35.4 Å². The van der Waals surface area contributed by atoms with Gasteiger partial charge in [-0.1, -0.05) is 12.0 Å². The van der Waals surface area contributed by atoms with E-state index in [-0.39, 0.29) is 75.2 Å². The molecular weight excluding hydrogens is 624 g/mol. The molecule has 12 heteroatoms. The highest BCUT2D eigenvalue weighted by molar-refractivity contribution is 6.03. The lowest BCUT2D eigenvalue weighted by molar-refractivity contribution is 0.108. The zero-order valence-electron chi connectivity index (χ0n) is 28.1. The standard InChI is InChI=1S/C36H34F4N6O2/c1-2-24-27(37)7-6-21-14-23(47)15-25(28(21)24)30-29(38)31-26(17-41-30)33(42-19-35-8-3-11-45(35)12-4-9-35)44-34(43-31)48-20-36-10-5-13-46(36)18-22(16-36)32(39)40/h1,6-7,14-15,17,47H,3-5,8-13,16,18-20H2,(H,42,43,44)/i20D2. The van der Waals surface area contributed by atoms with Crippen LogP contribution in [-0.4, -0.2) is 80.2 Å². The van der Waals surface area contributed by atoms with Gasteiger partial charge in [0.2, 0.25) is 0 Å². The van der Waals surface area contributed by atoms with Gasteiger partial charge in [0, 0.05) is 41.3 Å². The van der Waals surface area contributed by atoms with Gasteiger partial charge in [-0.3, -0.25) is 14.8 Å². The molecule has 2 aromatic carbocycles. The van der Waals surface area contributed by atoms with Crippen molar-refractivity contribution in [3.63, 3.8) is 0 Å². The molecule has 0 spiro atoms. The Morgan fingerprint density at radius 3 is 2.56 bits per heavy atom. The number of anilines is 1. The van der Waals surface area contributed by atoms with E-state index in [2.05, 4.69) is 31.1 Å². The molecule has 2 aromatic heterocycles. The number of aromatic nitrogens is 3. The first kappa shape index (κ1) is 28.5. The monoisotopic (exact) mass is 660 g/mol. The number of pyridine rings is 1. The molecule has 4 saturated heterocycles. The van der Waals surface area contributed by atoms with Gasteiger partial charge in [-0.15, -0.1) is 6.42 Å². The quantitative estimate of drug-likeness (QED) is 0.169. The van der Waals surface area contributed by atoms with Gasteiger partial charge in [0.15, 0.2) is 5.82 Å². The smallest absolute Gasteiger partial charge is 0.319 e. The summed E-state index contributed by atoms with van der Waals surface area (Å²) in [6, 6.07) is 4.73. The predicted octanol–water partition coefficient (Wildman–Crippen LogP) is 6.62. The van der Waals surface area contributed by atoms with Gasteiger partial charge < -0.3 is 15.2 Å². The number of phenolic OH excluding ortho intramolecular Hbond substituents is 1. The van der Waals surface area contributed by atoms with E-state index in [1.165, 1.54) is 30.5 Å². The Hall–Kier alpha value is -4.47. The van der Waals surface area contributed by atoms with Crippen molar-refractivity contribution in [3.05, 3.63) is 59.3 Å². The number of phenols is 1. The summed E-state index contributed by atoms with van der Waals surface area (Å²) in [6.07, 6.45) is 9.90. The van der Waals surface area contributed by atoms with Crippen LogP contribution in [0.2, 0.25) is 0 Å². The van der Waals surface area contributed by atoms with E-state index in [0.29, 0.717) is 24.9 Å². The average molecular weight is 661 g/mol. The summed E-state index contributed by atoms with van der Waals surface area (Å²) in [5.74, 6) is 0.612. The van der Waals surface area contributed by atoms with Crippen molar-refractivity contribution in [1.29, 1.82) is 0 Å². The van der Waals surface area contributed by atoms with Gasteiger partial charge in [-0.2, -0.15) is 18.7 Å². The lowest BCUT2D eigenvalue weighted by atomic mass is 9.94. The molecule has 6 heterocycles. The molecule has 8 nitrogen and oxygen atoms in total. The third kappa shape index (κ3) is 4.94. The van der Waals surface area contributed by atoms with E-state index in [4.69, 9.17) is 13.9 Å². The fourth-order valence-electron chi connectivity index (χ4n) is 8.34. The summed E-state index contributed by atoms with van der Waals surface area (Å²) in [5, 5.41) is 14.7. The second kappa shape index (κ2) is 11.6. The van der Waals surface area contributed by atoms with E-state index in [9.17, 15) is 18.3 Å². The summed E-state index contributed by atoms with van der Waals surface area (Å²) in [5.41, 5.74) is -2.28. The summed E-state index contributed by atoms with van der Waals surface area (Å²) >= 11 is 0. The zero-order chi connectivity index (χ0) is 35.0. The molecule has 48 heavy (non-hydrogen) atoms. The van der Waals surface area contributed by atoms with E-state index in [1.807, 2.05) is 0 Å². The Balaban J connectivity index is 1.27. The number of fused-ring (bicyclic) bond motifs is 4. The van der Waals surface area contributed by atoms with E-state index in [1.54, 1.807) is 4.90 Å². The lowest BCUT2D eigenvalue weighted by Crippen LogP contribution is -2.44. The molecule has 0 saturated carbocycles. The second-order valence-corrected chi connectivity index (χ2v) is 13.3. The van der Waals surface area contributed by atoms with Crippen LogP contribution in [0.25, 0.3) is 32.9 Å².